The van der Waals surface area contributed by atoms with Crippen molar-refractivity contribution < 1.29 is 18.7 Å². The Morgan fingerprint density at radius 1 is 1.45 bits per heavy atom. The highest BCUT2D eigenvalue weighted by Gasteiger charge is 2.63. The maximum Gasteiger partial charge on any atom is 0.343 e. The Hall–Kier alpha value is -2.95. The number of nitrogens with zero attached hydrogens (tertiary/aromatic N) is 4. The van der Waals surface area contributed by atoms with Gasteiger partial charge in [0.25, 0.3) is 11.8 Å². The molecule has 0 unspecified atom stereocenters. The normalized spacial score (nSPS) is 30.0. The van der Waals surface area contributed by atoms with E-state index in [0.717, 1.165) is 17.5 Å². The molecule has 29 heavy (non-hydrogen) atoms. The van der Waals surface area contributed by atoms with Gasteiger partial charge in [0.2, 0.25) is 5.82 Å². The molecule has 3 aliphatic rings. The van der Waals surface area contributed by atoms with Crippen molar-refractivity contribution in [1.82, 2.24) is 30.0 Å². The van der Waals surface area contributed by atoms with E-state index in [-0.39, 0.29) is 46.9 Å². The van der Waals surface area contributed by atoms with Crippen molar-refractivity contribution >= 4 is 11.8 Å². The van der Waals surface area contributed by atoms with E-state index in [1.807, 2.05) is 0 Å². The number of amides is 2. The van der Waals surface area contributed by atoms with Crippen molar-refractivity contribution in [3.8, 4) is 0 Å². The van der Waals surface area contributed by atoms with Gasteiger partial charge >= 0.3 is 5.69 Å². The molecule has 5 rings (SSSR count). The Morgan fingerprint density at radius 2 is 2.28 bits per heavy atom. The molecule has 3 fully saturated rings. The molecule has 154 valence electrons. The van der Waals surface area contributed by atoms with Crippen molar-refractivity contribution in [2.75, 3.05) is 19.6 Å². The van der Waals surface area contributed by atoms with Crippen LogP contribution < -0.4 is 11.0 Å². The standard InChI is InChI=1S/C18H22N6O5/c1-9-20-12(7-28-9)15(25)19-5-10-11-6-24(8-18(11)4-3-13(10)29-18)16(26)14-21-17(27)23(2)22-14/h7,10-11,13H,3-6,8H2,1-2H3,(H,19,25)(H,21,22,27)/t10-,11+,13+,18+/m0/s1. The van der Waals surface area contributed by atoms with Gasteiger partial charge in [0.1, 0.15) is 6.26 Å². The Kier molecular flexibility index (Phi) is 3.92. The first-order valence-corrected chi connectivity index (χ1v) is 9.67. The van der Waals surface area contributed by atoms with Crippen LogP contribution in [0.4, 0.5) is 0 Å². The molecule has 11 heteroatoms. The minimum Gasteiger partial charge on any atom is -0.448 e. The first-order chi connectivity index (χ1) is 13.9. The third-order valence-corrected chi connectivity index (χ3v) is 6.39. The van der Waals surface area contributed by atoms with Gasteiger partial charge < -0.3 is 19.4 Å². The van der Waals surface area contributed by atoms with E-state index < -0.39 is 5.69 Å². The van der Waals surface area contributed by atoms with Crippen LogP contribution in [0.2, 0.25) is 0 Å². The summed E-state index contributed by atoms with van der Waals surface area (Å²) < 4.78 is 12.5. The van der Waals surface area contributed by atoms with E-state index in [0.29, 0.717) is 25.5 Å². The van der Waals surface area contributed by atoms with Crippen LogP contribution >= 0.6 is 0 Å². The van der Waals surface area contributed by atoms with Gasteiger partial charge in [0.05, 0.1) is 18.2 Å². The summed E-state index contributed by atoms with van der Waals surface area (Å²) in [5, 5.41) is 6.89. The fraction of sp³-hybridized carbons (Fsp3) is 0.611. The van der Waals surface area contributed by atoms with Gasteiger partial charge in [-0.1, -0.05) is 0 Å². The number of hydrogen-bond acceptors (Lipinski definition) is 7. The van der Waals surface area contributed by atoms with Gasteiger partial charge in [-0.15, -0.1) is 5.10 Å². The van der Waals surface area contributed by atoms with Crippen LogP contribution in [0.25, 0.3) is 0 Å². The van der Waals surface area contributed by atoms with E-state index in [1.54, 1.807) is 11.8 Å². The average Bonchev–Trinajstić information content (AvgIpc) is 3.47. The minimum atomic E-state index is -0.424. The molecule has 0 saturated carbocycles. The number of carbonyl (C=O) groups is 2. The van der Waals surface area contributed by atoms with Crippen LogP contribution in [0.5, 0.6) is 0 Å². The Morgan fingerprint density at radius 3 is 2.97 bits per heavy atom. The summed E-state index contributed by atoms with van der Waals surface area (Å²) in [5.41, 5.74) is -0.551. The summed E-state index contributed by atoms with van der Waals surface area (Å²) in [6.07, 6.45) is 3.21. The van der Waals surface area contributed by atoms with Crippen molar-refractivity contribution in [2.45, 2.75) is 31.5 Å². The summed E-state index contributed by atoms with van der Waals surface area (Å²) in [5.74, 6) is 0.126. The molecule has 2 amide bonds. The minimum absolute atomic E-state index is 0.0367. The molecule has 2 aromatic rings. The molecule has 5 heterocycles. The predicted molar refractivity (Wildman–Crippen MR) is 97.1 cm³/mol. The van der Waals surface area contributed by atoms with Crippen LogP contribution in [0, 0.1) is 18.8 Å². The number of ether oxygens (including phenoxy) is 1. The number of fused-ring (bicyclic) bond motifs is 1. The molecular weight excluding hydrogens is 380 g/mol. The van der Waals surface area contributed by atoms with Crippen LogP contribution in [0.15, 0.2) is 15.5 Å². The highest BCUT2D eigenvalue weighted by Crippen LogP contribution is 2.54. The molecule has 3 aliphatic heterocycles. The molecule has 4 atom stereocenters. The van der Waals surface area contributed by atoms with Crippen LogP contribution in [-0.4, -0.2) is 67.8 Å². The first kappa shape index (κ1) is 18.1. The number of carbonyl (C=O) groups excluding carboxylic acids is 2. The van der Waals surface area contributed by atoms with Gasteiger partial charge in [0, 0.05) is 38.9 Å². The van der Waals surface area contributed by atoms with Crippen LogP contribution in [0.1, 0.15) is 39.8 Å². The number of hydrogen-bond donors (Lipinski definition) is 2. The summed E-state index contributed by atoms with van der Waals surface area (Å²) >= 11 is 0. The summed E-state index contributed by atoms with van der Waals surface area (Å²) in [4.78, 5) is 45.0. The molecule has 0 aromatic carbocycles. The molecular formula is C18H22N6O5. The molecule has 2 bridgehead atoms. The molecule has 1 spiro atoms. The number of H-pyrrole nitrogens is 1. The zero-order chi connectivity index (χ0) is 20.3. The Labute approximate surface area is 165 Å². The maximum absolute atomic E-state index is 12.8. The van der Waals surface area contributed by atoms with Crippen molar-refractivity contribution in [3.05, 3.63) is 34.2 Å². The fourth-order valence-electron chi connectivity index (χ4n) is 5.04. The average molecular weight is 402 g/mol. The maximum atomic E-state index is 12.8. The Balaban J connectivity index is 1.29. The van der Waals surface area contributed by atoms with E-state index in [2.05, 4.69) is 20.4 Å². The zero-order valence-electron chi connectivity index (χ0n) is 16.2. The fourth-order valence-corrected chi connectivity index (χ4v) is 5.04. The van der Waals surface area contributed by atoms with Crippen LogP contribution in [0.3, 0.4) is 0 Å². The number of oxazole rings is 1. The van der Waals surface area contributed by atoms with Gasteiger partial charge in [-0.2, -0.15) is 0 Å². The van der Waals surface area contributed by atoms with E-state index >= 15 is 0 Å². The lowest BCUT2D eigenvalue weighted by atomic mass is 9.73. The number of aromatic amines is 1. The SMILES string of the molecule is Cc1nc(C(=O)NC[C@H]2[C@H]3CN(C(=O)c4nn(C)c(=O)[nH]4)C[C@]34CC[C@H]2O4)co1. The second-order valence-corrected chi connectivity index (χ2v) is 8.08. The second kappa shape index (κ2) is 6.28. The molecule has 11 nitrogen and oxygen atoms in total. The van der Waals surface area contributed by atoms with Gasteiger partial charge in [-0.3, -0.25) is 14.6 Å². The van der Waals surface area contributed by atoms with Crippen molar-refractivity contribution in [3.63, 3.8) is 0 Å². The lowest BCUT2D eigenvalue weighted by Gasteiger charge is -2.29. The topological polar surface area (TPSA) is 135 Å². The number of likely N-dealkylation sites (tertiary alicyclic amines) is 1. The second-order valence-electron chi connectivity index (χ2n) is 8.08. The van der Waals surface area contributed by atoms with Crippen molar-refractivity contribution in [2.24, 2.45) is 18.9 Å². The molecule has 0 radical (unpaired) electrons. The Bertz CT molecular complexity index is 1040. The van der Waals surface area contributed by atoms with Gasteiger partial charge in [0.15, 0.2) is 11.6 Å². The molecule has 0 aliphatic carbocycles. The number of nitrogens with one attached hydrogen (secondary N) is 2. The number of rotatable bonds is 4. The third kappa shape index (κ3) is 2.79. The highest BCUT2D eigenvalue weighted by atomic mass is 16.5. The first-order valence-electron chi connectivity index (χ1n) is 9.67. The number of aromatic nitrogens is 4. The third-order valence-electron chi connectivity index (χ3n) is 6.39. The highest BCUT2D eigenvalue weighted by molar-refractivity contribution is 5.92. The summed E-state index contributed by atoms with van der Waals surface area (Å²) in [7, 11) is 1.49. The van der Waals surface area contributed by atoms with E-state index in [4.69, 9.17) is 9.15 Å². The number of aryl methyl sites for hydroxylation is 2. The predicted octanol–water partition coefficient (Wildman–Crippen LogP) is -0.546. The monoisotopic (exact) mass is 402 g/mol. The van der Waals surface area contributed by atoms with E-state index in [9.17, 15) is 14.4 Å². The molecule has 2 aromatic heterocycles. The summed E-state index contributed by atoms with van der Waals surface area (Å²) in [6, 6.07) is 0. The zero-order valence-corrected chi connectivity index (χ0v) is 16.2. The molecule has 3 saturated heterocycles. The van der Waals surface area contributed by atoms with Gasteiger partial charge in [-0.25, -0.2) is 14.5 Å². The van der Waals surface area contributed by atoms with E-state index in [1.165, 1.54) is 13.3 Å². The lowest BCUT2D eigenvalue weighted by molar-refractivity contribution is 0.00304. The lowest BCUT2D eigenvalue weighted by Crippen LogP contribution is -2.42. The van der Waals surface area contributed by atoms with Gasteiger partial charge in [-0.05, 0) is 12.8 Å². The smallest absolute Gasteiger partial charge is 0.343 e. The van der Waals surface area contributed by atoms with Crippen LogP contribution in [-0.2, 0) is 11.8 Å². The summed E-state index contributed by atoms with van der Waals surface area (Å²) in [6.45, 7) is 3.11. The molecule has 2 N–H and O–H groups in total. The quantitative estimate of drug-likeness (QED) is 0.701. The van der Waals surface area contributed by atoms with Crippen molar-refractivity contribution in [1.29, 1.82) is 0 Å². The largest absolute Gasteiger partial charge is 0.448 e.